The van der Waals surface area contributed by atoms with Gasteiger partial charge in [-0.1, -0.05) is 42.1 Å². The smallest absolute Gasteiger partial charge is 0.408 e. The van der Waals surface area contributed by atoms with Crippen LogP contribution in [0.4, 0.5) is 4.79 Å². The van der Waals surface area contributed by atoms with E-state index in [0.29, 0.717) is 6.42 Å². The van der Waals surface area contributed by atoms with Gasteiger partial charge >= 0.3 is 12.1 Å². The molecule has 1 aromatic rings. The van der Waals surface area contributed by atoms with Gasteiger partial charge in [0, 0.05) is 6.42 Å². The third-order valence-electron chi connectivity index (χ3n) is 2.90. The summed E-state index contributed by atoms with van der Waals surface area (Å²) in [5.41, 5.74) is 0.233. The first kappa shape index (κ1) is 21.0. The Labute approximate surface area is 152 Å². The number of carbonyl (C=O) groups is 3. The molecule has 7 heteroatoms. The molecular weight excluding hydrogens is 342 g/mol. The number of thioether (sulfide) groups is 1. The first-order valence-electron chi connectivity index (χ1n) is 8.07. The quantitative estimate of drug-likeness (QED) is 0.746. The Kier molecular flexibility index (Phi) is 8.48. The van der Waals surface area contributed by atoms with Crippen molar-refractivity contribution >= 4 is 28.9 Å². The van der Waals surface area contributed by atoms with Crippen molar-refractivity contribution in [3.05, 3.63) is 35.9 Å². The Morgan fingerprint density at radius 3 is 2.36 bits per heavy atom. The lowest BCUT2D eigenvalue weighted by Gasteiger charge is -2.23. The van der Waals surface area contributed by atoms with Crippen molar-refractivity contribution in [2.45, 2.75) is 45.8 Å². The summed E-state index contributed by atoms with van der Waals surface area (Å²) in [5.74, 6) is -0.551. The van der Waals surface area contributed by atoms with Gasteiger partial charge in [0.05, 0.1) is 12.4 Å². The van der Waals surface area contributed by atoms with Crippen LogP contribution in [-0.4, -0.2) is 41.2 Å². The Bertz CT molecular complexity index is 583. The summed E-state index contributed by atoms with van der Waals surface area (Å²) in [5, 5.41) is 2.28. The number of nitrogens with one attached hydrogen (secondary N) is 1. The molecule has 0 saturated heterocycles. The number of hydrogen-bond acceptors (Lipinski definition) is 6. The maximum absolute atomic E-state index is 12.4. The molecule has 0 radical (unpaired) electrons. The van der Waals surface area contributed by atoms with Crippen molar-refractivity contribution in [3.63, 3.8) is 0 Å². The second kappa shape index (κ2) is 10.1. The van der Waals surface area contributed by atoms with Crippen LogP contribution in [0, 0.1) is 0 Å². The summed E-state index contributed by atoms with van der Waals surface area (Å²) in [4.78, 5) is 35.9. The average Bonchev–Trinajstić information content (AvgIpc) is 2.51. The summed E-state index contributed by atoms with van der Waals surface area (Å²) in [6.07, 6.45) is -0.354. The number of alkyl carbamates (subject to hydrolysis) is 1. The Morgan fingerprint density at radius 2 is 1.80 bits per heavy atom. The molecule has 25 heavy (non-hydrogen) atoms. The fourth-order valence-corrected chi connectivity index (χ4v) is 2.61. The van der Waals surface area contributed by atoms with E-state index in [2.05, 4.69) is 5.32 Å². The van der Waals surface area contributed by atoms with Crippen LogP contribution in [0.1, 0.15) is 33.3 Å². The number of esters is 1. The summed E-state index contributed by atoms with van der Waals surface area (Å²) in [6, 6.07) is 8.53. The molecule has 1 aromatic carbocycles. The van der Waals surface area contributed by atoms with E-state index in [4.69, 9.17) is 9.47 Å². The fourth-order valence-electron chi connectivity index (χ4n) is 1.93. The molecule has 0 spiro atoms. The lowest BCUT2D eigenvalue weighted by Crippen LogP contribution is -2.44. The summed E-state index contributed by atoms with van der Waals surface area (Å²) >= 11 is 0.828. The molecule has 0 bridgehead atoms. The molecule has 0 fully saturated rings. The minimum absolute atomic E-state index is 0.0893. The molecule has 0 aromatic heterocycles. The number of hydrogen-bond donors (Lipinski definition) is 1. The van der Waals surface area contributed by atoms with E-state index in [1.165, 1.54) is 0 Å². The Hall–Kier alpha value is -2.02. The van der Waals surface area contributed by atoms with Gasteiger partial charge in [0.25, 0.3) is 0 Å². The molecule has 138 valence electrons. The standard InChI is InChI=1S/C18H25NO5S/c1-5-23-15(20)12-25-16(21)14(11-13-9-7-6-8-10-13)19-17(22)24-18(2,3)4/h6-10,14H,5,11-12H2,1-4H3,(H,19,22)/t14-/m0/s1. The van der Waals surface area contributed by atoms with Gasteiger partial charge < -0.3 is 14.8 Å². The largest absolute Gasteiger partial charge is 0.465 e. The second-order valence-electron chi connectivity index (χ2n) is 6.30. The van der Waals surface area contributed by atoms with Gasteiger partial charge in [-0.25, -0.2) is 4.79 Å². The molecular formula is C18H25NO5S. The predicted molar refractivity (Wildman–Crippen MR) is 97.4 cm³/mol. The van der Waals surface area contributed by atoms with E-state index in [1.807, 2.05) is 30.3 Å². The van der Waals surface area contributed by atoms with Crippen LogP contribution in [0.15, 0.2) is 30.3 Å². The van der Waals surface area contributed by atoms with Crippen LogP contribution in [0.2, 0.25) is 0 Å². The molecule has 1 atom stereocenters. The van der Waals surface area contributed by atoms with E-state index >= 15 is 0 Å². The Balaban J connectivity index is 2.74. The van der Waals surface area contributed by atoms with Crippen molar-refractivity contribution in [1.82, 2.24) is 5.32 Å². The minimum atomic E-state index is -0.795. The van der Waals surface area contributed by atoms with E-state index in [0.717, 1.165) is 17.3 Å². The minimum Gasteiger partial charge on any atom is -0.465 e. The van der Waals surface area contributed by atoms with Crippen LogP contribution in [-0.2, 0) is 25.5 Å². The van der Waals surface area contributed by atoms with Gasteiger partial charge in [-0.05, 0) is 33.3 Å². The van der Waals surface area contributed by atoms with E-state index in [1.54, 1.807) is 27.7 Å². The average molecular weight is 367 g/mol. The third kappa shape index (κ3) is 9.14. The monoisotopic (exact) mass is 367 g/mol. The van der Waals surface area contributed by atoms with Crippen molar-refractivity contribution in [3.8, 4) is 0 Å². The topological polar surface area (TPSA) is 81.7 Å². The van der Waals surface area contributed by atoms with Crippen molar-refractivity contribution in [1.29, 1.82) is 0 Å². The molecule has 1 amide bonds. The van der Waals surface area contributed by atoms with Crippen LogP contribution in [0.3, 0.4) is 0 Å². The zero-order chi connectivity index (χ0) is 18.9. The number of rotatable bonds is 7. The molecule has 1 rings (SSSR count). The first-order chi connectivity index (χ1) is 11.7. The molecule has 0 aliphatic heterocycles. The number of amides is 1. The molecule has 0 heterocycles. The second-order valence-corrected chi connectivity index (χ2v) is 7.28. The number of carbonyl (C=O) groups excluding carboxylic acids is 3. The van der Waals surface area contributed by atoms with Crippen LogP contribution in [0.25, 0.3) is 0 Å². The maximum atomic E-state index is 12.4. The molecule has 0 saturated carbocycles. The zero-order valence-corrected chi connectivity index (χ0v) is 15.9. The molecule has 6 nitrogen and oxygen atoms in total. The molecule has 0 aliphatic carbocycles. The van der Waals surface area contributed by atoms with Gasteiger partial charge in [0.1, 0.15) is 11.6 Å². The van der Waals surface area contributed by atoms with E-state index in [-0.39, 0.29) is 17.5 Å². The van der Waals surface area contributed by atoms with Crippen molar-refractivity contribution in [2.75, 3.05) is 12.4 Å². The van der Waals surface area contributed by atoms with Gasteiger partial charge in [-0.2, -0.15) is 0 Å². The van der Waals surface area contributed by atoms with Crippen molar-refractivity contribution in [2.24, 2.45) is 0 Å². The lowest BCUT2D eigenvalue weighted by atomic mass is 10.1. The maximum Gasteiger partial charge on any atom is 0.408 e. The normalized spacial score (nSPS) is 12.2. The predicted octanol–water partition coefficient (Wildman–Crippen LogP) is 2.95. The number of benzene rings is 1. The molecule has 0 unspecified atom stereocenters. The highest BCUT2D eigenvalue weighted by Crippen LogP contribution is 2.13. The first-order valence-corrected chi connectivity index (χ1v) is 9.05. The zero-order valence-electron chi connectivity index (χ0n) is 15.0. The van der Waals surface area contributed by atoms with Gasteiger partial charge in [-0.3, -0.25) is 9.59 Å². The highest BCUT2D eigenvalue weighted by molar-refractivity contribution is 8.14. The highest BCUT2D eigenvalue weighted by Gasteiger charge is 2.25. The van der Waals surface area contributed by atoms with Crippen LogP contribution < -0.4 is 5.32 Å². The summed E-state index contributed by atoms with van der Waals surface area (Å²) in [7, 11) is 0. The van der Waals surface area contributed by atoms with Gasteiger partial charge in [0.2, 0.25) is 5.12 Å². The van der Waals surface area contributed by atoms with Crippen LogP contribution in [0.5, 0.6) is 0 Å². The molecule has 0 aliphatic rings. The fraction of sp³-hybridized carbons (Fsp3) is 0.500. The highest BCUT2D eigenvalue weighted by atomic mass is 32.2. The summed E-state index contributed by atoms with van der Waals surface area (Å²) in [6.45, 7) is 7.20. The van der Waals surface area contributed by atoms with E-state index in [9.17, 15) is 14.4 Å². The lowest BCUT2D eigenvalue weighted by molar-refractivity contribution is -0.140. The van der Waals surface area contributed by atoms with Gasteiger partial charge in [0.15, 0.2) is 0 Å². The Morgan fingerprint density at radius 1 is 1.16 bits per heavy atom. The third-order valence-corrected chi connectivity index (χ3v) is 3.84. The summed E-state index contributed by atoms with van der Waals surface area (Å²) < 4.78 is 10.0. The van der Waals surface area contributed by atoms with Crippen LogP contribution >= 0.6 is 11.8 Å². The van der Waals surface area contributed by atoms with E-state index < -0.39 is 23.7 Å². The SMILES string of the molecule is CCOC(=O)CSC(=O)[C@H](Cc1ccccc1)NC(=O)OC(C)(C)C. The molecule has 1 N–H and O–H groups in total. The van der Waals surface area contributed by atoms with Crippen molar-refractivity contribution < 1.29 is 23.9 Å². The number of ether oxygens (including phenoxy) is 2. The van der Waals surface area contributed by atoms with Gasteiger partial charge in [-0.15, -0.1) is 0 Å².